The fourth-order valence-electron chi connectivity index (χ4n) is 1.95. The lowest BCUT2D eigenvalue weighted by atomic mass is 9.83. The molecule has 0 saturated heterocycles. The lowest BCUT2D eigenvalue weighted by molar-refractivity contribution is 0.0859. The summed E-state index contributed by atoms with van der Waals surface area (Å²) in [5.41, 5.74) is 2.55. The maximum atomic E-state index is 12.5. The molecule has 0 aliphatic heterocycles. The molecule has 0 aromatic heterocycles. The third-order valence-electron chi connectivity index (χ3n) is 2.94. The van der Waals surface area contributed by atoms with Crippen molar-refractivity contribution < 1.29 is 4.79 Å². The Morgan fingerprint density at radius 1 is 0.833 bits per heavy atom. The zero-order valence-corrected chi connectivity index (χ0v) is 11.1. The van der Waals surface area contributed by atoms with Gasteiger partial charge in [-0.2, -0.15) is 0 Å². The van der Waals surface area contributed by atoms with E-state index >= 15 is 0 Å². The Labute approximate surface area is 108 Å². The molecule has 0 saturated carbocycles. The van der Waals surface area contributed by atoms with Crippen molar-refractivity contribution in [2.45, 2.75) is 20.8 Å². The molecule has 0 spiro atoms. The molecule has 2 aromatic carbocycles. The highest BCUT2D eigenvalue weighted by Crippen LogP contribution is 2.29. The van der Waals surface area contributed by atoms with Gasteiger partial charge < -0.3 is 0 Å². The van der Waals surface area contributed by atoms with Crippen LogP contribution < -0.4 is 0 Å². The van der Waals surface area contributed by atoms with E-state index in [0.717, 1.165) is 16.7 Å². The van der Waals surface area contributed by atoms with Crippen molar-refractivity contribution in [3.63, 3.8) is 0 Å². The minimum absolute atomic E-state index is 0.182. The molecule has 92 valence electrons. The van der Waals surface area contributed by atoms with E-state index in [4.69, 9.17) is 0 Å². The van der Waals surface area contributed by atoms with Gasteiger partial charge in [-0.3, -0.25) is 4.79 Å². The summed E-state index contributed by atoms with van der Waals surface area (Å²) < 4.78 is 0. The maximum absolute atomic E-state index is 12.5. The predicted octanol–water partition coefficient (Wildman–Crippen LogP) is 4.58. The van der Waals surface area contributed by atoms with Crippen LogP contribution in [0.2, 0.25) is 0 Å². The Morgan fingerprint density at radius 3 is 2.00 bits per heavy atom. The van der Waals surface area contributed by atoms with Crippen molar-refractivity contribution in [3.8, 4) is 11.1 Å². The van der Waals surface area contributed by atoms with Crippen LogP contribution >= 0.6 is 0 Å². The molecule has 0 bridgehead atoms. The standard InChI is InChI=1S/C17H18O/c1-17(2,3)16(18)15-12-8-7-11-14(15)13-9-5-4-6-10-13/h4-12H,1-3H3. The zero-order chi connectivity index (χ0) is 13.2. The molecule has 0 atom stereocenters. The van der Waals surface area contributed by atoms with Crippen LogP contribution in [0.4, 0.5) is 0 Å². The van der Waals surface area contributed by atoms with E-state index in [1.807, 2.05) is 75.4 Å². The second kappa shape index (κ2) is 4.77. The van der Waals surface area contributed by atoms with Crippen LogP contribution in [0.5, 0.6) is 0 Å². The molecular weight excluding hydrogens is 220 g/mol. The number of hydrogen-bond acceptors (Lipinski definition) is 1. The first-order valence-corrected chi connectivity index (χ1v) is 6.19. The highest BCUT2D eigenvalue weighted by atomic mass is 16.1. The first-order chi connectivity index (χ1) is 8.50. The van der Waals surface area contributed by atoms with Gasteiger partial charge >= 0.3 is 0 Å². The van der Waals surface area contributed by atoms with Crippen LogP contribution in [0.15, 0.2) is 54.6 Å². The number of rotatable bonds is 2. The Balaban J connectivity index is 2.54. The normalized spacial score (nSPS) is 11.3. The number of carbonyl (C=O) groups is 1. The summed E-state index contributed by atoms with van der Waals surface area (Å²) in [5, 5.41) is 0. The van der Waals surface area contributed by atoms with Crippen LogP contribution in [0.25, 0.3) is 11.1 Å². The summed E-state index contributed by atoms with van der Waals surface area (Å²) in [7, 11) is 0. The highest BCUT2D eigenvalue weighted by Gasteiger charge is 2.24. The number of carbonyl (C=O) groups excluding carboxylic acids is 1. The summed E-state index contributed by atoms with van der Waals surface area (Å²) in [4.78, 5) is 12.5. The largest absolute Gasteiger partial charge is 0.294 e. The van der Waals surface area contributed by atoms with Gasteiger partial charge in [0.05, 0.1) is 0 Å². The van der Waals surface area contributed by atoms with Crippen molar-refractivity contribution in [2.75, 3.05) is 0 Å². The van der Waals surface area contributed by atoms with Crippen molar-refractivity contribution >= 4 is 5.78 Å². The third-order valence-corrected chi connectivity index (χ3v) is 2.94. The molecular formula is C17H18O. The minimum atomic E-state index is -0.356. The molecule has 18 heavy (non-hydrogen) atoms. The van der Waals surface area contributed by atoms with Gasteiger partial charge in [-0.25, -0.2) is 0 Å². The quantitative estimate of drug-likeness (QED) is 0.700. The molecule has 0 amide bonds. The van der Waals surface area contributed by atoms with E-state index in [1.165, 1.54) is 0 Å². The van der Waals surface area contributed by atoms with Crippen LogP contribution in [-0.2, 0) is 0 Å². The topological polar surface area (TPSA) is 17.1 Å². The molecule has 0 radical (unpaired) electrons. The maximum Gasteiger partial charge on any atom is 0.168 e. The van der Waals surface area contributed by atoms with Crippen LogP contribution in [-0.4, -0.2) is 5.78 Å². The fraction of sp³-hybridized carbons (Fsp3) is 0.235. The first kappa shape index (κ1) is 12.6. The van der Waals surface area contributed by atoms with Gasteiger partial charge in [-0.1, -0.05) is 75.4 Å². The number of Topliss-reactive ketones (excluding diaryl/α,β-unsaturated/α-hetero) is 1. The molecule has 0 fully saturated rings. The summed E-state index contributed by atoms with van der Waals surface area (Å²) in [6, 6.07) is 17.9. The van der Waals surface area contributed by atoms with Gasteiger partial charge in [-0.05, 0) is 11.1 Å². The lowest BCUT2D eigenvalue weighted by Crippen LogP contribution is -2.20. The summed E-state index contributed by atoms with van der Waals surface area (Å²) in [5.74, 6) is 0.182. The van der Waals surface area contributed by atoms with Crippen molar-refractivity contribution in [2.24, 2.45) is 5.41 Å². The van der Waals surface area contributed by atoms with Gasteiger partial charge in [0.1, 0.15) is 0 Å². The van der Waals surface area contributed by atoms with Crippen LogP contribution in [0.3, 0.4) is 0 Å². The predicted molar refractivity (Wildman–Crippen MR) is 75.7 cm³/mol. The Kier molecular flexibility index (Phi) is 3.33. The third kappa shape index (κ3) is 2.51. The lowest BCUT2D eigenvalue weighted by Gasteiger charge is -2.19. The second-order valence-corrected chi connectivity index (χ2v) is 5.49. The molecule has 2 aromatic rings. The average Bonchev–Trinajstić information content (AvgIpc) is 2.38. The molecule has 1 heteroatoms. The Morgan fingerprint density at radius 2 is 1.39 bits per heavy atom. The number of hydrogen-bond donors (Lipinski definition) is 0. The molecule has 0 aliphatic carbocycles. The van der Waals surface area contributed by atoms with Crippen molar-refractivity contribution in [1.29, 1.82) is 0 Å². The van der Waals surface area contributed by atoms with E-state index < -0.39 is 0 Å². The van der Waals surface area contributed by atoms with Crippen LogP contribution in [0, 0.1) is 5.41 Å². The Bertz CT molecular complexity index is 547. The van der Waals surface area contributed by atoms with E-state index in [1.54, 1.807) is 0 Å². The monoisotopic (exact) mass is 238 g/mol. The van der Waals surface area contributed by atoms with Gasteiger partial charge in [-0.15, -0.1) is 0 Å². The summed E-state index contributed by atoms with van der Waals surface area (Å²) in [6.07, 6.45) is 0. The first-order valence-electron chi connectivity index (χ1n) is 6.19. The van der Waals surface area contributed by atoms with E-state index in [-0.39, 0.29) is 11.2 Å². The molecule has 2 rings (SSSR count). The van der Waals surface area contributed by atoms with E-state index in [2.05, 4.69) is 0 Å². The zero-order valence-electron chi connectivity index (χ0n) is 11.1. The minimum Gasteiger partial charge on any atom is -0.294 e. The van der Waals surface area contributed by atoms with Crippen molar-refractivity contribution in [3.05, 3.63) is 60.2 Å². The van der Waals surface area contributed by atoms with Gasteiger partial charge in [0, 0.05) is 11.0 Å². The molecule has 0 N–H and O–H groups in total. The fourth-order valence-corrected chi connectivity index (χ4v) is 1.95. The van der Waals surface area contributed by atoms with Gasteiger partial charge in [0.15, 0.2) is 5.78 Å². The molecule has 1 nitrogen and oxygen atoms in total. The van der Waals surface area contributed by atoms with Crippen molar-refractivity contribution in [1.82, 2.24) is 0 Å². The smallest absolute Gasteiger partial charge is 0.168 e. The van der Waals surface area contributed by atoms with Crippen LogP contribution in [0.1, 0.15) is 31.1 Å². The van der Waals surface area contributed by atoms with E-state index in [9.17, 15) is 4.79 Å². The summed E-state index contributed by atoms with van der Waals surface area (Å²) >= 11 is 0. The summed E-state index contributed by atoms with van der Waals surface area (Å²) in [6.45, 7) is 5.87. The van der Waals surface area contributed by atoms with E-state index in [0.29, 0.717) is 0 Å². The SMILES string of the molecule is CC(C)(C)C(=O)c1ccccc1-c1ccccc1. The van der Waals surface area contributed by atoms with Gasteiger partial charge in [0.2, 0.25) is 0 Å². The molecule has 0 aliphatic rings. The second-order valence-electron chi connectivity index (χ2n) is 5.49. The number of benzene rings is 2. The average molecular weight is 238 g/mol. The number of ketones is 1. The highest BCUT2D eigenvalue weighted by molar-refractivity contribution is 6.05. The van der Waals surface area contributed by atoms with Gasteiger partial charge in [0.25, 0.3) is 0 Å². The molecule has 0 unspecified atom stereocenters. The Hall–Kier alpha value is -1.89. The molecule has 0 heterocycles.